The summed E-state index contributed by atoms with van der Waals surface area (Å²) in [7, 11) is -3.39. The third kappa shape index (κ3) is 3.72. The van der Waals surface area contributed by atoms with Gasteiger partial charge in [-0.1, -0.05) is 0 Å². The van der Waals surface area contributed by atoms with E-state index in [9.17, 15) is 13.5 Å². The van der Waals surface area contributed by atoms with E-state index in [2.05, 4.69) is 0 Å². The Morgan fingerprint density at radius 1 is 1.29 bits per heavy atom. The summed E-state index contributed by atoms with van der Waals surface area (Å²) in [5.74, 6) is -0.0349. The number of nitriles is 1. The molecule has 1 N–H and O–H groups in total. The van der Waals surface area contributed by atoms with Crippen LogP contribution in [-0.2, 0) is 16.4 Å². The van der Waals surface area contributed by atoms with Crippen LogP contribution < -0.4 is 0 Å². The van der Waals surface area contributed by atoms with Crippen molar-refractivity contribution in [1.29, 1.82) is 5.26 Å². The molecule has 21 heavy (non-hydrogen) atoms. The number of hydrogen-bond donors (Lipinski definition) is 1. The van der Waals surface area contributed by atoms with E-state index in [4.69, 9.17) is 5.26 Å². The van der Waals surface area contributed by atoms with Crippen LogP contribution in [0.25, 0.3) is 0 Å². The van der Waals surface area contributed by atoms with Crippen LogP contribution in [0.15, 0.2) is 47.6 Å². The number of nitrogens with zero attached hydrogens (tertiary/aromatic N) is 2. The molecule has 1 aromatic carbocycles. The summed E-state index contributed by atoms with van der Waals surface area (Å²) in [4.78, 5) is 0.212. The molecule has 0 spiro atoms. The second-order valence-electron chi connectivity index (χ2n) is 4.81. The Hall–Kier alpha value is -2.10. The zero-order chi connectivity index (χ0) is 15.5. The Bertz CT molecular complexity index is 753. The molecule has 0 aliphatic heterocycles. The maximum atomic E-state index is 12.2. The molecule has 1 unspecified atom stereocenters. The Morgan fingerprint density at radius 2 is 1.95 bits per heavy atom. The molecular formula is C15H16N2O3S. The van der Waals surface area contributed by atoms with E-state index in [0.717, 1.165) is 5.56 Å². The molecule has 0 saturated heterocycles. The van der Waals surface area contributed by atoms with Crippen LogP contribution in [0.2, 0.25) is 0 Å². The summed E-state index contributed by atoms with van der Waals surface area (Å²) in [5.41, 5.74) is 1.19. The molecule has 1 atom stereocenters. The molecule has 1 aromatic heterocycles. The van der Waals surface area contributed by atoms with Crippen molar-refractivity contribution >= 4 is 9.84 Å². The molecule has 0 fully saturated rings. The van der Waals surface area contributed by atoms with E-state index in [0.29, 0.717) is 12.1 Å². The first-order valence-corrected chi connectivity index (χ1v) is 8.14. The number of aliphatic hydroxyl groups is 1. The van der Waals surface area contributed by atoms with Crippen molar-refractivity contribution in [3.05, 3.63) is 53.9 Å². The number of hydrogen-bond acceptors (Lipinski definition) is 4. The SMILES string of the molecule is CC(O)c1ccn(CCS(=O)(=O)c2ccc(C#N)cc2)c1. The predicted molar refractivity (Wildman–Crippen MR) is 78.3 cm³/mol. The van der Waals surface area contributed by atoms with Gasteiger partial charge in [0.25, 0.3) is 0 Å². The zero-order valence-electron chi connectivity index (χ0n) is 11.6. The summed E-state index contributed by atoms with van der Waals surface area (Å²) in [6.07, 6.45) is 2.91. The normalized spacial score (nSPS) is 12.8. The van der Waals surface area contributed by atoms with Crippen LogP contribution in [0, 0.1) is 11.3 Å². The van der Waals surface area contributed by atoms with Gasteiger partial charge in [-0.25, -0.2) is 8.42 Å². The lowest BCUT2D eigenvalue weighted by Crippen LogP contribution is -2.12. The first kappa shape index (κ1) is 15.3. The fraction of sp³-hybridized carbons (Fsp3) is 0.267. The lowest BCUT2D eigenvalue weighted by atomic mass is 10.2. The van der Waals surface area contributed by atoms with Crippen molar-refractivity contribution in [3.8, 4) is 6.07 Å². The zero-order valence-corrected chi connectivity index (χ0v) is 12.4. The number of rotatable bonds is 5. The fourth-order valence-electron chi connectivity index (χ4n) is 1.93. The molecular weight excluding hydrogens is 288 g/mol. The van der Waals surface area contributed by atoms with Crippen LogP contribution in [-0.4, -0.2) is 23.8 Å². The fourth-order valence-corrected chi connectivity index (χ4v) is 3.16. The van der Waals surface area contributed by atoms with Gasteiger partial charge in [0.1, 0.15) is 0 Å². The van der Waals surface area contributed by atoms with Crippen LogP contribution in [0.1, 0.15) is 24.2 Å². The number of sulfone groups is 1. The Morgan fingerprint density at radius 3 is 2.48 bits per heavy atom. The van der Waals surface area contributed by atoms with Gasteiger partial charge in [-0.05, 0) is 42.8 Å². The molecule has 0 radical (unpaired) electrons. The lowest BCUT2D eigenvalue weighted by Gasteiger charge is -2.06. The number of benzene rings is 1. The molecule has 110 valence electrons. The van der Waals surface area contributed by atoms with E-state index in [1.54, 1.807) is 30.0 Å². The van der Waals surface area contributed by atoms with E-state index in [-0.39, 0.29) is 10.6 Å². The Balaban J connectivity index is 2.08. The highest BCUT2D eigenvalue weighted by Gasteiger charge is 2.14. The smallest absolute Gasteiger partial charge is 0.180 e. The summed E-state index contributed by atoms with van der Waals surface area (Å²) in [6, 6.07) is 9.60. The van der Waals surface area contributed by atoms with Gasteiger partial charge in [0.05, 0.1) is 28.4 Å². The van der Waals surface area contributed by atoms with Gasteiger partial charge in [0, 0.05) is 18.9 Å². The minimum absolute atomic E-state index is 0.0349. The van der Waals surface area contributed by atoms with Gasteiger partial charge in [0.15, 0.2) is 9.84 Å². The quantitative estimate of drug-likeness (QED) is 0.914. The summed E-state index contributed by atoms with van der Waals surface area (Å²) >= 11 is 0. The second-order valence-corrected chi connectivity index (χ2v) is 6.92. The molecule has 2 aromatic rings. The molecule has 1 heterocycles. The van der Waals surface area contributed by atoms with Crippen molar-refractivity contribution in [3.63, 3.8) is 0 Å². The Labute approximate surface area is 124 Å². The maximum absolute atomic E-state index is 12.2. The van der Waals surface area contributed by atoms with Crippen molar-refractivity contribution in [2.45, 2.75) is 24.5 Å². The van der Waals surface area contributed by atoms with Crippen molar-refractivity contribution in [1.82, 2.24) is 4.57 Å². The average molecular weight is 304 g/mol. The molecule has 6 heteroatoms. The van der Waals surface area contributed by atoms with Gasteiger partial charge in [-0.3, -0.25) is 0 Å². The van der Waals surface area contributed by atoms with Crippen molar-refractivity contribution < 1.29 is 13.5 Å². The van der Waals surface area contributed by atoms with Crippen LogP contribution in [0.3, 0.4) is 0 Å². The molecule has 0 aliphatic rings. The molecule has 0 saturated carbocycles. The highest BCUT2D eigenvalue weighted by Crippen LogP contribution is 2.15. The highest BCUT2D eigenvalue weighted by atomic mass is 32.2. The van der Waals surface area contributed by atoms with Gasteiger partial charge < -0.3 is 9.67 Å². The van der Waals surface area contributed by atoms with E-state index >= 15 is 0 Å². The van der Waals surface area contributed by atoms with Gasteiger partial charge >= 0.3 is 0 Å². The number of aromatic nitrogens is 1. The van der Waals surface area contributed by atoms with E-state index < -0.39 is 15.9 Å². The van der Waals surface area contributed by atoms with Crippen molar-refractivity contribution in [2.75, 3.05) is 5.75 Å². The monoisotopic (exact) mass is 304 g/mol. The predicted octanol–water partition coefficient (Wildman–Crippen LogP) is 1.89. The average Bonchev–Trinajstić information content (AvgIpc) is 2.94. The van der Waals surface area contributed by atoms with Gasteiger partial charge in [-0.15, -0.1) is 0 Å². The van der Waals surface area contributed by atoms with Crippen LogP contribution in [0.5, 0.6) is 0 Å². The summed E-state index contributed by atoms with van der Waals surface area (Å²) in [5, 5.41) is 18.1. The number of aryl methyl sites for hydroxylation is 1. The summed E-state index contributed by atoms with van der Waals surface area (Å²) in [6.45, 7) is 1.97. The van der Waals surface area contributed by atoms with Gasteiger partial charge in [0.2, 0.25) is 0 Å². The maximum Gasteiger partial charge on any atom is 0.180 e. The lowest BCUT2D eigenvalue weighted by molar-refractivity contribution is 0.199. The van der Waals surface area contributed by atoms with Crippen LogP contribution >= 0.6 is 0 Å². The molecule has 2 rings (SSSR count). The largest absolute Gasteiger partial charge is 0.389 e. The van der Waals surface area contributed by atoms with Crippen molar-refractivity contribution in [2.24, 2.45) is 0 Å². The first-order chi connectivity index (χ1) is 9.92. The van der Waals surface area contributed by atoms with Crippen LogP contribution in [0.4, 0.5) is 0 Å². The van der Waals surface area contributed by atoms with Gasteiger partial charge in [-0.2, -0.15) is 5.26 Å². The molecule has 0 aliphatic carbocycles. The minimum Gasteiger partial charge on any atom is -0.389 e. The summed E-state index contributed by atoms with van der Waals surface area (Å²) < 4.78 is 26.1. The van der Waals surface area contributed by atoms with E-state index in [1.165, 1.54) is 24.3 Å². The molecule has 0 bridgehead atoms. The third-order valence-electron chi connectivity index (χ3n) is 3.22. The standard InChI is InChI=1S/C15H16N2O3S/c1-12(18)14-6-7-17(11-14)8-9-21(19,20)15-4-2-13(10-16)3-5-15/h2-7,11-12,18H,8-9H2,1H3. The topological polar surface area (TPSA) is 83.1 Å². The Kier molecular flexibility index (Phi) is 4.46. The molecule has 0 amide bonds. The molecule has 5 nitrogen and oxygen atoms in total. The second kappa shape index (κ2) is 6.12. The third-order valence-corrected chi connectivity index (χ3v) is 4.93. The highest BCUT2D eigenvalue weighted by molar-refractivity contribution is 7.91. The number of aliphatic hydroxyl groups excluding tert-OH is 1. The minimum atomic E-state index is -3.39. The van der Waals surface area contributed by atoms with E-state index in [1.807, 2.05) is 6.07 Å². The first-order valence-electron chi connectivity index (χ1n) is 6.49.